The first-order valence-corrected chi connectivity index (χ1v) is 11.6. The summed E-state index contributed by atoms with van der Waals surface area (Å²) in [6, 6.07) is -2.12. The molecule has 0 bridgehead atoms. The predicted molar refractivity (Wildman–Crippen MR) is 113 cm³/mol. The van der Waals surface area contributed by atoms with Crippen molar-refractivity contribution in [1.82, 2.24) is 30.7 Å². The third kappa shape index (κ3) is 4.79. The molecule has 12 heteroatoms. The number of rotatable bonds is 0. The molecule has 180 valence electrons. The molecule has 4 aliphatic heterocycles. The maximum atomic E-state index is 12.7. The van der Waals surface area contributed by atoms with Gasteiger partial charge in [-0.25, -0.2) is 0 Å². The van der Waals surface area contributed by atoms with Crippen LogP contribution in [0.1, 0.15) is 38.5 Å². The monoisotopic (exact) mass is 462 g/mol. The van der Waals surface area contributed by atoms with Crippen LogP contribution in [-0.2, 0) is 28.8 Å². The Morgan fingerprint density at radius 3 is 1.03 bits per heavy atom. The van der Waals surface area contributed by atoms with Crippen molar-refractivity contribution in [3.63, 3.8) is 0 Å². The zero-order valence-electron chi connectivity index (χ0n) is 18.5. The molecular weight excluding hydrogens is 432 g/mol. The predicted octanol–water partition coefficient (Wildman–Crippen LogP) is -2.68. The fraction of sp³-hybridized carbons (Fsp3) is 0.714. The highest BCUT2D eigenvalue weighted by molar-refractivity contribution is 5.96. The Bertz CT molecular complexity index is 687. The first-order chi connectivity index (χ1) is 15.9. The van der Waals surface area contributed by atoms with Crippen molar-refractivity contribution in [3.8, 4) is 0 Å². The molecule has 3 N–H and O–H groups in total. The van der Waals surface area contributed by atoms with Gasteiger partial charge in [-0.15, -0.1) is 0 Å². The van der Waals surface area contributed by atoms with E-state index in [1.54, 1.807) is 0 Å². The van der Waals surface area contributed by atoms with Gasteiger partial charge in [0, 0.05) is 19.6 Å². The number of amides is 6. The van der Waals surface area contributed by atoms with Gasteiger partial charge in [-0.2, -0.15) is 0 Å². The van der Waals surface area contributed by atoms with Gasteiger partial charge in [0.1, 0.15) is 18.1 Å². The van der Waals surface area contributed by atoms with Crippen LogP contribution in [0.5, 0.6) is 0 Å². The molecule has 4 rings (SSSR count). The van der Waals surface area contributed by atoms with Crippen LogP contribution < -0.4 is 16.0 Å². The van der Waals surface area contributed by atoms with Gasteiger partial charge >= 0.3 is 0 Å². The maximum absolute atomic E-state index is 12.7. The smallest absolute Gasteiger partial charge is 0.243 e. The quantitative estimate of drug-likeness (QED) is 0.357. The van der Waals surface area contributed by atoms with Gasteiger partial charge in [-0.05, 0) is 38.5 Å². The van der Waals surface area contributed by atoms with Crippen LogP contribution in [-0.4, -0.2) is 108 Å². The highest BCUT2D eigenvalue weighted by Crippen LogP contribution is 2.20. The molecule has 33 heavy (non-hydrogen) atoms. The average molecular weight is 463 g/mol. The number of nitrogens with one attached hydrogen (secondary N) is 3. The lowest BCUT2D eigenvalue weighted by Crippen LogP contribution is -2.55. The number of carbonyl (C=O) groups is 6. The first-order valence-electron chi connectivity index (χ1n) is 11.6. The van der Waals surface area contributed by atoms with Crippen molar-refractivity contribution in [2.75, 3.05) is 39.3 Å². The summed E-state index contributed by atoms with van der Waals surface area (Å²) in [5.74, 6) is -2.40. The second-order valence-electron chi connectivity index (χ2n) is 8.89. The zero-order chi connectivity index (χ0) is 23.5. The lowest BCUT2D eigenvalue weighted by atomic mass is 10.2. The highest BCUT2D eigenvalue weighted by Gasteiger charge is 2.39. The third-order valence-electron chi connectivity index (χ3n) is 6.87. The molecule has 0 radical (unpaired) electrons. The van der Waals surface area contributed by atoms with Gasteiger partial charge in [0.05, 0.1) is 19.6 Å². The Morgan fingerprint density at radius 1 is 0.485 bits per heavy atom. The topological polar surface area (TPSA) is 148 Å². The summed E-state index contributed by atoms with van der Waals surface area (Å²) in [6.45, 7) is 0.361. The van der Waals surface area contributed by atoms with Gasteiger partial charge < -0.3 is 30.7 Å². The Balaban J connectivity index is 1.53. The molecule has 0 aromatic heterocycles. The fourth-order valence-corrected chi connectivity index (χ4v) is 5.16. The largest absolute Gasteiger partial charge is 0.345 e. The molecule has 4 aliphatic rings. The molecule has 3 atom stereocenters. The van der Waals surface area contributed by atoms with E-state index in [9.17, 15) is 28.8 Å². The summed E-state index contributed by atoms with van der Waals surface area (Å²) in [5.41, 5.74) is 0. The van der Waals surface area contributed by atoms with E-state index in [0.29, 0.717) is 58.2 Å². The molecule has 4 saturated heterocycles. The molecular formula is C21H30N6O6. The van der Waals surface area contributed by atoms with Crippen molar-refractivity contribution in [3.05, 3.63) is 0 Å². The van der Waals surface area contributed by atoms with Gasteiger partial charge in [0.25, 0.3) is 0 Å². The number of nitrogens with zero attached hydrogens (tertiary/aromatic N) is 3. The third-order valence-corrected chi connectivity index (χ3v) is 6.87. The zero-order valence-corrected chi connectivity index (χ0v) is 18.5. The summed E-state index contributed by atoms with van der Waals surface area (Å²) in [4.78, 5) is 80.5. The lowest BCUT2D eigenvalue weighted by Gasteiger charge is -2.28. The van der Waals surface area contributed by atoms with Crippen LogP contribution in [0.25, 0.3) is 0 Å². The average Bonchev–Trinajstić information content (AvgIpc) is 3.57. The molecule has 0 aromatic rings. The van der Waals surface area contributed by atoms with Crippen LogP contribution in [0, 0.1) is 0 Å². The molecule has 0 spiro atoms. The van der Waals surface area contributed by atoms with E-state index in [2.05, 4.69) is 16.0 Å². The van der Waals surface area contributed by atoms with E-state index in [0.717, 1.165) is 0 Å². The summed E-state index contributed by atoms with van der Waals surface area (Å²) >= 11 is 0. The van der Waals surface area contributed by atoms with E-state index < -0.39 is 35.8 Å². The highest BCUT2D eigenvalue weighted by atomic mass is 16.2. The van der Waals surface area contributed by atoms with Gasteiger partial charge in [0.2, 0.25) is 35.4 Å². The minimum Gasteiger partial charge on any atom is -0.345 e. The number of hydrogen-bond donors (Lipinski definition) is 3. The summed E-state index contributed by atoms with van der Waals surface area (Å²) < 4.78 is 0. The van der Waals surface area contributed by atoms with Crippen LogP contribution in [0.3, 0.4) is 0 Å². The lowest BCUT2D eigenvalue weighted by molar-refractivity contribution is -0.143. The number of carbonyl (C=O) groups excluding carboxylic acids is 6. The van der Waals surface area contributed by atoms with E-state index >= 15 is 0 Å². The van der Waals surface area contributed by atoms with Gasteiger partial charge in [0.15, 0.2) is 0 Å². The van der Waals surface area contributed by atoms with Crippen LogP contribution >= 0.6 is 0 Å². The van der Waals surface area contributed by atoms with Crippen molar-refractivity contribution in [1.29, 1.82) is 0 Å². The number of hydrogen-bond acceptors (Lipinski definition) is 6. The second kappa shape index (κ2) is 9.75. The molecule has 6 amide bonds. The van der Waals surface area contributed by atoms with E-state index in [1.807, 2.05) is 0 Å². The van der Waals surface area contributed by atoms with Crippen LogP contribution in [0.2, 0.25) is 0 Å². The number of fused-ring (bicyclic) bond motifs is 3. The summed E-state index contributed by atoms with van der Waals surface area (Å²) in [7, 11) is 0. The molecule has 3 unspecified atom stereocenters. The van der Waals surface area contributed by atoms with Crippen LogP contribution in [0.4, 0.5) is 0 Å². The molecule has 0 aliphatic carbocycles. The normalized spacial score (nSPS) is 30.2. The van der Waals surface area contributed by atoms with E-state index in [1.165, 1.54) is 14.7 Å². The van der Waals surface area contributed by atoms with E-state index in [-0.39, 0.29) is 37.4 Å². The Morgan fingerprint density at radius 2 is 0.758 bits per heavy atom. The van der Waals surface area contributed by atoms with Gasteiger partial charge in [-0.3, -0.25) is 28.8 Å². The van der Waals surface area contributed by atoms with Crippen molar-refractivity contribution >= 4 is 35.4 Å². The first kappa shape index (κ1) is 23.0. The summed E-state index contributed by atoms with van der Waals surface area (Å²) in [5, 5.41) is 7.79. The second-order valence-corrected chi connectivity index (χ2v) is 8.89. The standard InChI is InChI=1S/C21H30N6O6/c28-16-10-23-20(32)14-5-2-9-27(14)18(30)12-24-21(33)15-6-3-8-26(15)17(29)11-22-19(31)13-4-1-7-25(13)16/h13-15H,1-12H2,(H,22,31)(H,23,32)(H,24,33). The van der Waals surface area contributed by atoms with Crippen molar-refractivity contribution in [2.24, 2.45) is 0 Å². The van der Waals surface area contributed by atoms with Crippen LogP contribution in [0.15, 0.2) is 0 Å². The molecule has 0 saturated carbocycles. The summed E-state index contributed by atoms with van der Waals surface area (Å²) in [6.07, 6.45) is 3.35. The molecule has 4 heterocycles. The Labute approximate surface area is 191 Å². The van der Waals surface area contributed by atoms with E-state index in [4.69, 9.17) is 0 Å². The minimum atomic E-state index is -0.705. The molecule has 4 fully saturated rings. The fourth-order valence-electron chi connectivity index (χ4n) is 5.16. The van der Waals surface area contributed by atoms with Gasteiger partial charge in [-0.1, -0.05) is 0 Å². The minimum absolute atomic E-state index is 0.272. The SMILES string of the molecule is O=C1NCC(=O)N2CCCC2C(=O)NCC(=O)N2CCCC2C(=O)NCC(=O)N2CCCC12. The maximum Gasteiger partial charge on any atom is 0.243 e. The molecule has 0 aromatic carbocycles. The van der Waals surface area contributed by atoms with Crippen molar-refractivity contribution in [2.45, 2.75) is 56.7 Å². The molecule has 12 nitrogen and oxygen atoms in total. The Hall–Kier alpha value is -3.18. The van der Waals surface area contributed by atoms with Crippen molar-refractivity contribution < 1.29 is 28.8 Å². The Kier molecular flexibility index (Phi) is 6.80.